The van der Waals surface area contributed by atoms with Crippen molar-refractivity contribution in [1.82, 2.24) is 19.5 Å². The van der Waals surface area contributed by atoms with Crippen molar-refractivity contribution in [3.05, 3.63) is 83.4 Å². The van der Waals surface area contributed by atoms with Crippen molar-refractivity contribution in [2.75, 3.05) is 18.9 Å². The van der Waals surface area contributed by atoms with Crippen LogP contribution in [0.25, 0.3) is 11.2 Å². The van der Waals surface area contributed by atoms with Gasteiger partial charge in [0.15, 0.2) is 11.5 Å². The van der Waals surface area contributed by atoms with E-state index < -0.39 is 0 Å². The van der Waals surface area contributed by atoms with E-state index in [1.54, 1.807) is 30.6 Å². The van der Waals surface area contributed by atoms with Gasteiger partial charge in [-0.3, -0.25) is 0 Å². The van der Waals surface area contributed by atoms with Gasteiger partial charge in [-0.1, -0.05) is 35.4 Å². The molecule has 2 N–H and O–H groups in total. The third kappa shape index (κ3) is 5.16. The predicted molar refractivity (Wildman–Crippen MR) is 138 cm³/mol. The number of aryl methyl sites for hydroxylation is 2. The highest BCUT2D eigenvalue weighted by Gasteiger charge is 2.40. The first-order valence-corrected chi connectivity index (χ1v) is 12.3. The standard InChI is InChI=1S/C28H29N5O4/c1-17-3-7-19(8-4-17)27(34)36-13-21-11-12-23(33-16-32-24-25(29)30-15-31-26(24)33)22(21)14-37-28(35)20-9-5-18(2)6-10-20/h3-10,15-16,21-23H,11-14H2,1-2H3,(H2,29,30,31)/t21-,22-,23-/m1/s1. The Morgan fingerprint density at radius 2 is 1.46 bits per heavy atom. The Hall–Kier alpha value is -4.27. The maximum atomic E-state index is 12.8. The van der Waals surface area contributed by atoms with Crippen LogP contribution in [0.1, 0.15) is 50.7 Å². The molecule has 0 radical (unpaired) electrons. The van der Waals surface area contributed by atoms with Crippen molar-refractivity contribution in [1.29, 1.82) is 0 Å². The van der Waals surface area contributed by atoms with Crippen LogP contribution in [0.4, 0.5) is 5.82 Å². The van der Waals surface area contributed by atoms with Gasteiger partial charge in [-0.25, -0.2) is 24.5 Å². The molecule has 1 aliphatic rings. The predicted octanol–water partition coefficient (Wildman–Crippen LogP) is 4.31. The van der Waals surface area contributed by atoms with Gasteiger partial charge in [0.1, 0.15) is 11.8 Å². The van der Waals surface area contributed by atoms with E-state index >= 15 is 0 Å². The van der Waals surface area contributed by atoms with Crippen LogP contribution in [0, 0.1) is 25.7 Å². The van der Waals surface area contributed by atoms with Gasteiger partial charge in [-0.15, -0.1) is 0 Å². The number of imidazole rings is 1. The summed E-state index contributed by atoms with van der Waals surface area (Å²) in [5.74, 6) is -0.570. The molecule has 5 rings (SSSR count). The Labute approximate surface area is 214 Å². The van der Waals surface area contributed by atoms with Crippen LogP contribution < -0.4 is 5.73 Å². The van der Waals surface area contributed by atoms with Crippen molar-refractivity contribution in [2.45, 2.75) is 32.7 Å². The van der Waals surface area contributed by atoms with Crippen molar-refractivity contribution in [3.63, 3.8) is 0 Å². The zero-order valence-electron chi connectivity index (χ0n) is 20.8. The molecule has 2 heterocycles. The number of fused-ring (bicyclic) bond motifs is 1. The first kappa shape index (κ1) is 24.4. The summed E-state index contributed by atoms with van der Waals surface area (Å²) < 4.78 is 13.5. The molecule has 0 spiro atoms. The molecular formula is C28H29N5O4. The van der Waals surface area contributed by atoms with Gasteiger partial charge in [0, 0.05) is 17.9 Å². The smallest absolute Gasteiger partial charge is 0.338 e. The van der Waals surface area contributed by atoms with Gasteiger partial charge in [0.05, 0.1) is 30.7 Å². The largest absolute Gasteiger partial charge is 0.462 e. The fourth-order valence-electron chi connectivity index (χ4n) is 4.94. The van der Waals surface area contributed by atoms with Crippen LogP contribution in [-0.2, 0) is 9.47 Å². The lowest BCUT2D eigenvalue weighted by atomic mass is 9.94. The number of esters is 2. The Morgan fingerprint density at radius 3 is 2.08 bits per heavy atom. The molecule has 0 unspecified atom stereocenters. The van der Waals surface area contributed by atoms with Crippen LogP contribution in [0.3, 0.4) is 0 Å². The third-order valence-corrected chi connectivity index (χ3v) is 7.09. The Morgan fingerprint density at radius 1 is 0.865 bits per heavy atom. The second kappa shape index (κ2) is 10.4. The minimum absolute atomic E-state index is 0.0122. The first-order valence-electron chi connectivity index (χ1n) is 12.3. The highest BCUT2D eigenvalue weighted by Crippen LogP contribution is 2.42. The molecule has 0 saturated heterocycles. The van der Waals surface area contributed by atoms with E-state index in [2.05, 4.69) is 15.0 Å². The van der Waals surface area contributed by atoms with Crippen LogP contribution in [0.5, 0.6) is 0 Å². The molecule has 37 heavy (non-hydrogen) atoms. The van der Waals surface area contributed by atoms with Crippen molar-refractivity contribution in [3.8, 4) is 0 Å². The van der Waals surface area contributed by atoms with Crippen LogP contribution in [0.15, 0.2) is 61.2 Å². The molecule has 9 heteroatoms. The SMILES string of the molecule is Cc1ccc(C(=O)OC[C@H]2CC[C@@H](n3cnc4c(N)ncnc43)[C@@H]2COC(=O)c2ccc(C)cc2)cc1. The second-order valence-corrected chi connectivity index (χ2v) is 9.58. The van der Waals surface area contributed by atoms with Gasteiger partial charge >= 0.3 is 11.9 Å². The zero-order chi connectivity index (χ0) is 25.9. The average Bonchev–Trinajstić information content (AvgIpc) is 3.51. The Balaban J connectivity index is 1.35. The molecule has 1 saturated carbocycles. The van der Waals surface area contributed by atoms with Crippen molar-refractivity contribution < 1.29 is 19.1 Å². The number of carbonyl (C=O) groups is 2. The summed E-state index contributed by atoms with van der Waals surface area (Å²) in [4.78, 5) is 38.3. The molecular weight excluding hydrogens is 470 g/mol. The molecule has 2 aromatic heterocycles. The van der Waals surface area contributed by atoms with Crippen LogP contribution >= 0.6 is 0 Å². The molecule has 0 aliphatic heterocycles. The normalized spacial score (nSPS) is 19.1. The quantitative estimate of drug-likeness (QED) is 0.373. The van der Waals surface area contributed by atoms with E-state index in [1.807, 2.05) is 42.7 Å². The molecule has 0 amide bonds. The molecule has 190 valence electrons. The van der Waals surface area contributed by atoms with E-state index in [0.717, 1.165) is 24.0 Å². The number of benzene rings is 2. The average molecular weight is 500 g/mol. The highest BCUT2D eigenvalue weighted by molar-refractivity contribution is 5.90. The number of nitrogen functional groups attached to an aromatic ring is 1. The number of hydrogen-bond donors (Lipinski definition) is 1. The van der Waals surface area contributed by atoms with Gasteiger partial charge in [-0.05, 0) is 51.0 Å². The van der Waals surface area contributed by atoms with Crippen LogP contribution in [-0.4, -0.2) is 44.7 Å². The Kier molecular flexibility index (Phi) is 6.85. The van der Waals surface area contributed by atoms with Gasteiger partial charge in [-0.2, -0.15) is 0 Å². The van der Waals surface area contributed by atoms with E-state index in [-0.39, 0.29) is 43.0 Å². The molecule has 1 fully saturated rings. The lowest BCUT2D eigenvalue weighted by Gasteiger charge is -2.25. The summed E-state index contributed by atoms with van der Waals surface area (Å²) in [5.41, 5.74) is 10.3. The monoisotopic (exact) mass is 499 g/mol. The van der Waals surface area contributed by atoms with E-state index in [4.69, 9.17) is 15.2 Å². The van der Waals surface area contributed by atoms with E-state index in [9.17, 15) is 9.59 Å². The minimum Gasteiger partial charge on any atom is -0.462 e. The summed E-state index contributed by atoms with van der Waals surface area (Å²) >= 11 is 0. The number of nitrogens with zero attached hydrogens (tertiary/aromatic N) is 4. The maximum absolute atomic E-state index is 12.8. The maximum Gasteiger partial charge on any atom is 0.338 e. The van der Waals surface area contributed by atoms with Crippen molar-refractivity contribution in [2.24, 2.45) is 11.8 Å². The molecule has 2 aromatic carbocycles. The molecule has 4 aromatic rings. The molecule has 0 bridgehead atoms. The first-order chi connectivity index (χ1) is 17.9. The third-order valence-electron chi connectivity index (χ3n) is 7.09. The summed E-state index contributed by atoms with van der Waals surface area (Å²) in [6.07, 6.45) is 4.70. The summed E-state index contributed by atoms with van der Waals surface area (Å²) in [5, 5.41) is 0. The van der Waals surface area contributed by atoms with Gasteiger partial charge in [0.2, 0.25) is 0 Å². The van der Waals surface area contributed by atoms with Gasteiger partial charge in [0.25, 0.3) is 0 Å². The second-order valence-electron chi connectivity index (χ2n) is 9.58. The fourth-order valence-corrected chi connectivity index (χ4v) is 4.94. The molecule has 3 atom stereocenters. The molecule has 1 aliphatic carbocycles. The topological polar surface area (TPSA) is 122 Å². The molecule has 9 nitrogen and oxygen atoms in total. The van der Waals surface area contributed by atoms with E-state index in [0.29, 0.717) is 28.1 Å². The van der Waals surface area contributed by atoms with Crippen LogP contribution in [0.2, 0.25) is 0 Å². The highest BCUT2D eigenvalue weighted by atomic mass is 16.5. The number of rotatable bonds is 7. The number of aromatic nitrogens is 4. The number of hydrogen-bond acceptors (Lipinski definition) is 8. The number of ether oxygens (including phenoxy) is 2. The summed E-state index contributed by atoms with van der Waals surface area (Å²) in [7, 11) is 0. The minimum atomic E-state index is -0.386. The lowest BCUT2D eigenvalue weighted by molar-refractivity contribution is 0.0229. The van der Waals surface area contributed by atoms with E-state index in [1.165, 1.54) is 6.33 Å². The lowest BCUT2D eigenvalue weighted by Crippen LogP contribution is -2.28. The summed E-state index contributed by atoms with van der Waals surface area (Å²) in [6.45, 7) is 4.32. The van der Waals surface area contributed by atoms with Gasteiger partial charge < -0.3 is 19.8 Å². The number of anilines is 1. The zero-order valence-corrected chi connectivity index (χ0v) is 20.8. The number of nitrogens with two attached hydrogens (primary N) is 1. The Bertz CT molecular complexity index is 1420. The van der Waals surface area contributed by atoms with Crippen molar-refractivity contribution >= 4 is 28.9 Å². The summed E-state index contributed by atoms with van der Waals surface area (Å²) in [6, 6.07) is 14.5. The number of carbonyl (C=O) groups excluding carboxylic acids is 2. The fraction of sp³-hybridized carbons (Fsp3) is 0.321.